The van der Waals surface area contributed by atoms with Crippen LogP contribution in [0.3, 0.4) is 0 Å². The van der Waals surface area contributed by atoms with Gasteiger partial charge in [-0.25, -0.2) is 13.2 Å². The lowest BCUT2D eigenvalue weighted by atomic mass is 10.1. The minimum atomic E-state index is -3.31. The number of carbonyl (C=O) groups is 2. The molecule has 6 nitrogen and oxygen atoms in total. The van der Waals surface area contributed by atoms with Crippen molar-refractivity contribution in [3.05, 3.63) is 29.8 Å². The van der Waals surface area contributed by atoms with Crippen LogP contribution < -0.4 is 5.32 Å². The molecule has 1 aromatic rings. The first-order valence-electron chi connectivity index (χ1n) is 7.20. The van der Waals surface area contributed by atoms with Crippen molar-refractivity contribution in [3.8, 4) is 0 Å². The third-order valence-corrected chi connectivity index (χ3v) is 5.48. The first kappa shape index (κ1) is 16.5. The molecule has 1 aliphatic rings. The molecule has 0 saturated heterocycles. The molecule has 1 unspecified atom stereocenters. The van der Waals surface area contributed by atoms with Crippen molar-refractivity contribution in [3.63, 3.8) is 0 Å². The van der Waals surface area contributed by atoms with Crippen LogP contribution in [0.15, 0.2) is 29.2 Å². The molecule has 0 bridgehead atoms. The smallest absolute Gasteiger partial charge is 0.326 e. The number of nitrogens with one attached hydrogen (secondary N) is 1. The van der Waals surface area contributed by atoms with Crippen LogP contribution in [0.1, 0.15) is 36.5 Å². The van der Waals surface area contributed by atoms with E-state index in [1.165, 1.54) is 24.3 Å². The monoisotopic (exact) mass is 325 g/mol. The van der Waals surface area contributed by atoms with Crippen molar-refractivity contribution >= 4 is 21.7 Å². The van der Waals surface area contributed by atoms with Gasteiger partial charge in [0.1, 0.15) is 6.04 Å². The van der Waals surface area contributed by atoms with Crippen LogP contribution in [0.5, 0.6) is 0 Å². The van der Waals surface area contributed by atoms with E-state index in [0.29, 0.717) is 12.3 Å². The maximum absolute atomic E-state index is 12.1. The van der Waals surface area contributed by atoms with Crippen LogP contribution in [0.25, 0.3) is 0 Å². The van der Waals surface area contributed by atoms with Crippen molar-refractivity contribution < 1.29 is 23.1 Å². The minimum Gasteiger partial charge on any atom is -0.480 e. The number of carboxylic acids is 1. The number of hydrogen-bond acceptors (Lipinski definition) is 4. The SMILES string of the molecule is CCS(=O)(=O)c1ccc(C(=O)NC(CC2CC2)C(=O)O)cc1. The van der Waals surface area contributed by atoms with Crippen LogP contribution in [-0.2, 0) is 14.6 Å². The molecule has 22 heavy (non-hydrogen) atoms. The predicted octanol–water partition coefficient (Wildman–Crippen LogP) is 1.46. The Bertz CT molecular complexity index is 662. The highest BCUT2D eigenvalue weighted by atomic mass is 32.2. The normalized spacial score (nSPS) is 16.0. The standard InChI is InChI=1S/C15H19NO5S/c1-2-22(20,21)12-7-5-11(6-8-12)14(17)16-13(15(18)19)9-10-3-4-10/h5-8,10,13H,2-4,9H2,1H3,(H,16,17)(H,18,19). The molecular formula is C15H19NO5S. The number of carboxylic acid groups (broad SMARTS) is 1. The van der Waals surface area contributed by atoms with Crippen LogP contribution in [0.4, 0.5) is 0 Å². The second kappa shape index (κ2) is 6.48. The highest BCUT2D eigenvalue weighted by Crippen LogP contribution is 2.33. The molecule has 0 aromatic heterocycles. The largest absolute Gasteiger partial charge is 0.480 e. The van der Waals surface area contributed by atoms with E-state index >= 15 is 0 Å². The van der Waals surface area contributed by atoms with Gasteiger partial charge in [0.05, 0.1) is 10.6 Å². The fourth-order valence-electron chi connectivity index (χ4n) is 2.13. The van der Waals surface area contributed by atoms with Crippen molar-refractivity contribution in [2.45, 2.75) is 37.1 Å². The van der Waals surface area contributed by atoms with Gasteiger partial charge in [-0.2, -0.15) is 0 Å². The zero-order valence-electron chi connectivity index (χ0n) is 12.3. The molecular weight excluding hydrogens is 306 g/mol. The van der Waals surface area contributed by atoms with E-state index < -0.39 is 27.8 Å². The Morgan fingerprint density at radius 1 is 1.27 bits per heavy atom. The van der Waals surface area contributed by atoms with Crippen molar-refractivity contribution in [1.29, 1.82) is 0 Å². The summed E-state index contributed by atoms with van der Waals surface area (Å²) in [5.41, 5.74) is 0.247. The van der Waals surface area contributed by atoms with E-state index in [2.05, 4.69) is 5.32 Å². The topological polar surface area (TPSA) is 101 Å². The van der Waals surface area contributed by atoms with E-state index in [1.54, 1.807) is 6.92 Å². The predicted molar refractivity (Wildman–Crippen MR) is 80.4 cm³/mol. The Hall–Kier alpha value is -1.89. The molecule has 1 aromatic carbocycles. The molecule has 1 fully saturated rings. The Morgan fingerprint density at radius 2 is 1.86 bits per heavy atom. The lowest BCUT2D eigenvalue weighted by Crippen LogP contribution is -2.41. The molecule has 7 heteroatoms. The lowest BCUT2D eigenvalue weighted by molar-refractivity contribution is -0.139. The third-order valence-electron chi connectivity index (χ3n) is 3.73. The maximum Gasteiger partial charge on any atom is 0.326 e. The summed E-state index contributed by atoms with van der Waals surface area (Å²) in [7, 11) is -3.31. The summed E-state index contributed by atoms with van der Waals surface area (Å²) in [5.74, 6) is -1.20. The molecule has 120 valence electrons. The summed E-state index contributed by atoms with van der Waals surface area (Å²) in [4.78, 5) is 23.4. The Balaban J connectivity index is 2.07. The average Bonchev–Trinajstić information content (AvgIpc) is 3.30. The van der Waals surface area contributed by atoms with Gasteiger partial charge in [-0.3, -0.25) is 4.79 Å². The zero-order valence-corrected chi connectivity index (χ0v) is 13.1. The van der Waals surface area contributed by atoms with Crippen molar-refractivity contribution in [2.24, 2.45) is 5.92 Å². The van der Waals surface area contributed by atoms with Gasteiger partial charge in [0.25, 0.3) is 5.91 Å². The molecule has 2 N–H and O–H groups in total. The zero-order chi connectivity index (χ0) is 16.3. The van der Waals surface area contributed by atoms with Crippen LogP contribution in [-0.4, -0.2) is 37.2 Å². The summed E-state index contributed by atoms with van der Waals surface area (Å²) >= 11 is 0. The molecule has 2 rings (SSSR count). The first-order valence-corrected chi connectivity index (χ1v) is 8.85. The molecule has 1 amide bonds. The van der Waals surface area contributed by atoms with Crippen LogP contribution in [0.2, 0.25) is 0 Å². The number of rotatable bonds is 7. The number of sulfone groups is 1. The molecule has 1 aliphatic carbocycles. The van der Waals surface area contributed by atoms with Crippen molar-refractivity contribution in [2.75, 3.05) is 5.75 Å². The molecule has 0 spiro atoms. The van der Waals surface area contributed by atoms with Gasteiger partial charge in [0, 0.05) is 5.56 Å². The van der Waals surface area contributed by atoms with E-state index in [-0.39, 0.29) is 16.2 Å². The Kier molecular flexibility index (Phi) is 4.85. The summed E-state index contributed by atoms with van der Waals surface area (Å²) < 4.78 is 23.4. The highest BCUT2D eigenvalue weighted by molar-refractivity contribution is 7.91. The molecule has 0 radical (unpaired) electrons. The van der Waals surface area contributed by atoms with E-state index in [9.17, 15) is 18.0 Å². The van der Waals surface area contributed by atoms with Gasteiger partial charge in [-0.15, -0.1) is 0 Å². The van der Waals surface area contributed by atoms with Gasteiger partial charge < -0.3 is 10.4 Å². The van der Waals surface area contributed by atoms with E-state index in [0.717, 1.165) is 12.8 Å². The van der Waals surface area contributed by atoms with Gasteiger partial charge in [0.15, 0.2) is 9.84 Å². The number of carbonyl (C=O) groups excluding carboxylic acids is 1. The third kappa shape index (κ3) is 4.07. The summed E-state index contributed by atoms with van der Waals surface area (Å²) in [6.07, 6.45) is 2.44. The number of aliphatic carboxylic acids is 1. The summed E-state index contributed by atoms with van der Waals surface area (Å²) in [5, 5.41) is 11.6. The number of benzene rings is 1. The molecule has 0 aliphatic heterocycles. The van der Waals surface area contributed by atoms with Crippen LogP contribution >= 0.6 is 0 Å². The van der Waals surface area contributed by atoms with Gasteiger partial charge in [-0.05, 0) is 36.6 Å². The average molecular weight is 325 g/mol. The van der Waals surface area contributed by atoms with Crippen LogP contribution in [0, 0.1) is 5.92 Å². The lowest BCUT2D eigenvalue weighted by Gasteiger charge is -2.14. The summed E-state index contributed by atoms with van der Waals surface area (Å²) in [6, 6.07) is 4.62. The second-order valence-corrected chi connectivity index (χ2v) is 7.75. The first-order chi connectivity index (χ1) is 10.3. The van der Waals surface area contributed by atoms with Gasteiger partial charge in [-0.1, -0.05) is 19.8 Å². The summed E-state index contributed by atoms with van der Waals surface area (Å²) in [6.45, 7) is 1.55. The van der Waals surface area contributed by atoms with Crippen molar-refractivity contribution in [1.82, 2.24) is 5.32 Å². The fraction of sp³-hybridized carbons (Fsp3) is 0.467. The molecule has 1 atom stereocenters. The minimum absolute atomic E-state index is 0.0129. The second-order valence-electron chi connectivity index (χ2n) is 5.47. The van der Waals surface area contributed by atoms with E-state index in [1.807, 2.05) is 0 Å². The highest BCUT2D eigenvalue weighted by Gasteiger charge is 2.30. The van der Waals surface area contributed by atoms with Gasteiger partial charge >= 0.3 is 5.97 Å². The fourth-order valence-corrected chi connectivity index (χ4v) is 3.01. The molecule has 1 saturated carbocycles. The number of hydrogen-bond donors (Lipinski definition) is 2. The van der Waals surface area contributed by atoms with E-state index in [4.69, 9.17) is 5.11 Å². The van der Waals surface area contributed by atoms with Gasteiger partial charge in [0.2, 0.25) is 0 Å². The maximum atomic E-state index is 12.1. The number of amides is 1. The Morgan fingerprint density at radius 3 is 2.32 bits per heavy atom. The molecule has 0 heterocycles. The quantitative estimate of drug-likeness (QED) is 0.790. The Labute approximate surface area is 129 Å².